The number of rotatable bonds is 2. The minimum atomic E-state index is 0.0509. The standard InChI is InChI=1S/C10H13BrClN/c1-6(2)10(13)7-3-8(11)5-9(12)4-7/h3-6,10H,13H2,1-2H3/t10-/m1/s1. The first kappa shape index (κ1) is 11.0. The minimum Gasteiger partial charge on any atom is -0.324 e. The van der Waals surface area contributed by atoms with Crippen LogP contribution in [0.3, 0.4) is 0 Å². The second-order valence-corrected chi connectivity index (χ2v) is 4.82. The largest absolute Gasteiger partial charge is 0.324 e. The fourth-order valence-electron chi connectivity index (χ4n) is 1.15. The predicted octanol–water partition coefficient (Wildman–Crippen LogP) is 3.76. The highest BCUT2D eigenvalue weighted by atomic mass is 79.9. The van der Waals surface area contributed by atoms with Crippen LogP contribution in [-0.2, 0) is 0 Å². The SMILES string of the molecule is CC(C)[C@@H](N)c1cc(Cl)cc(Br)c1. The Hall–Kier alpha value is -0.0500. The molecule has 0 bridgehead atoms. The van der Waals surface area contributed by atoms with Crippen LogP contribution < -0.4 is 5.73 Å². The van der Waals surface area contributed by atoms with Crippen molar-refractivity contribution >= 4 is 27.5 Å². The van der Waals surface area contributed by atoms with Gasteiger partial charge in [0.25, 0.3) is 0 Å². The molecule has 1 nitrogen and oxygen atoms in total. The summed E-state index contributed by atoms with van der Waals surface area (Å²) < 4.78 is 0.978. The van der Waals surface area contributed by atoms with E-state index in [9.17, 15) is 0 Å². The number of nitrogens with two attached hydrogens (primary N) is 1. The topological polar surface area (TPSA) is 26.0 Å². The van der Waals surface area contributed by atoms with E-state index in [1.807, 2.05) is 18.2 Å². The van der Waals surface area contributed by atoms with E-state index in [1.165, 1.54) is 0 Å². The van der Waals surface area contributed by atoms with Crippen molar-refractivity contribution in [2.75, 3.05) is 0 Å². The molecule has 0 aliphatic carbocycles. The van der Waals surface area contributed by atoms with Crippen LogP contribution in [-0.4, -0.2) is 0 Å². The third-order valence-corrected chi connectivity index (χ3v) is 2.66. The Morgan fingerprint density at radius 1 is 1.31 bits per heavy atom. The molecule has 0 aliphatic rings. The molecule has 1 atom stereocenters. The quantitative estimate of drug-likeness (QED) is 0.863. The smallest absolute Gasteiger partial charge is 0.0420 e. The molecule has 0 saturated carbocycles. The maximum atomic E-state index is 6.00. The van der Waals surface area contributed by atoms with Gasteiger partial charge in [-0.2, -0.15) is 0 Å². The lowest BCUT2D eigenvalue weighted by atomic mass is 9.97. The van der Waals surface area contributed by atoms with Crippen molar-refractivity contribution in [2.24, 2.45) is 11.7 Å². The van der Waals surface area contributed by atoms with Crippen LogP contribution in [0.5, 0.6) is 0 Å². The first-order valence-electron chi connectivity index (χ1n) is 4.22. The molecule has 0 fully saturated rings. The summed E-state index contributed by atoms with van der Waals surface area (Å²) in [5.74, 6) is 0.422. The number of halogens is 2. The normalized spacial score (nSPS) is 13.4. The van der Waals surface area contributed by atoms with Crippen LogP contribution in [0.4, 0.5) is 0 Å². The van der Waals surface area contributed by atoms with E-state index in [2.05, 4.69) is 29.8 Å². The van der Waals surface area contributed by atoms with Crippen molar-refractivity contribution in [3.05, 3.63) is 33.3 Å². The first-order chi connectivity index (χ1) is 6.00. The maximum Gasteiger partial charge on any atom is 0.0420 e. The molecule has 13 heavy (non-hydrogen) atoms. The summed E-state index contributed by atoms with van der Waals surface area (Å²) in [6, 6.07) is 5.83. The highest BCUT2D eigenvalue weighted by Gasteiger charge is 2.11. The van der Waals surface area contributed by atoms with Gasteiger partial charge < -0.3 is 5.73 Å². The molecule has 0 aromatic heterocycles. The second-order valence-electron chi connectivity index (χ2n) is 3.47. The second kappa shape index (κ2) is 4.45. The molecule has 72 valence electrons. The van der Waals surface area contributed by atoms with E-state index < -0.39 is 0 Å². The maximum absolute atomic E-state index is 6.00. The summed E-state index contributed by atoms with van der Waals surface area (Å²) >= 11 is 9.30. The van der Waals surface area contributed by atoms with Crippen molar-refractivity contribution in [3.8, 4) is 0 Å². The molecular weight excluding hydrogens is 249 g/mol. The van der Waals surface area contributed by atoms with Gasteiger partial charge in [0.1, 0.15) is 0 Å². The predicted molar refractivity (Wildman–Crippen MR) is 60.9 cm³/mol. The Labute approximate surface area is 92.4 Å². The summed E-state index contributed by atoms with van der Waals surface area (Å²) in [5, 5.41) is 0.723. The molecule has 3 heteroatoms. The van der Waals surface area contributed by atoms with Gasteiger partial charge in [-0.1, -0.05) is 41.4 Å². The lowest BCUT2D eigenvalue weighted by molar-refractivity contribution is 0.514. The Morgan fingerprint density at radius 3 is 2.38 bits per heavy atom. The summed E-state index contributed by atoms with van der Waals surface area (Å²) in [7, 11) is 0. The third-order valence-electron chi connectivity index (χ3n) is 1.99. The summed E-state index contributed by atoms with van der Waals surface area (Å²) in [6.45, 7) is 4.19. The van der Waals surface area contributed by atoms with Crippen LogP contribution in [0.2, 0.25) is 5.02 Å². The molecule has 0 saturated heterocycles. The van der Waals surface area contributed by atoms with Gasteiger partial charge >= 0.3 is 0 Å². The summed E-state index contributed by atoms with van der Waals surface area (Å²) in [5.41, 5.74) is 7.07. The van der Waals surface area contributed by atoms with Crippen LogP contribution >= 0.6 is 27.5 Å². The van der Waals surface area contributed by atoms with Gasteiger partial charge in [-0.25, -0.2) is 0 Å². The third kappa shape index (κ3) is 2.97. The van der Waals surface area contributed by atoms with Crippen LogP contribution in [0.25, 0.3) is 0 Å². The average Bonchev–Trinajstić information content (AvgIpc) is 2.01. The molecule has 1 aromatic rings. The van der Waals surface area contributed by atoms with Gasteiger partial charge in [-0.05, 0) is 29.7 Å². The van der Waals surface area contributed by atoms with Crippen LogP contribution in [0.15, 0.2) is 22.7 Å². The van der Waals surface area contributed by atoms with Crippen molar-refractivity contribution in [1.82, 2.24) is 0 Å². The van der Waals surface area contributed by atoms with Crippen LogP contribution in [0.1, 0.15) is 25.5 Å². The van der Waals surface area contributed by atoms with E-state index in [-0.39, 0.29) is 6.04 Å². The van der Waals surface area contributed by atoms with Gasteiger partial charge in [0.15, 0.2) is 0 Å². The van der Waals surface area contributed by atoms with E-state index in [1.54, 1.807) is 0 Å². The zero-order valence-corrected chi connectivity index (χ0v) is 10.1. The Kier molecular flexibility index (Phi) is 3.77. The average molecular weight is 263 g/mol. The molecule has 0 amide bonds. The lowest BCUT2D eigenvalue weighted by Gasteiger charge is -2.16. The van der Waals surface area contributed by atoms with Gasteiger partial charge in [-0.15, -0.1) is 0 Å². The zero-order valence-electron chi connectivity index (χ0n) is 7.72. The van der Waals surface area contributed by atoms with Gasteiger partial charge in [0.2, 0.25) is 0 Å². The minimum absolute atomic E-state index is 0.0509. The molecule has 0 radical (unpaired) electrons. The summed E-state index contributed by atoms with van der Waals surface area (Å²) in [4.78, 5) is 0. The Morgan fingerprint density at radius 2 is 1.92 bits per heavy atom. The lowest BCUT2D eigenvalue weighted by Crippen LogP contribution is -2.16. The fourth-order valence-corrected chi connectivity index (χ4v) is 2.04. The monoisotopic (exact) mass is 261 g/mol. The Bertz CT molecular complexity index is 279. The summed E-state index contributed by atoms with van der Waals surface area (Å²) in [6.07, 6.45) is 0. The first-order valence-corrected chi connectivity index (χ1v) is 5.39. The number of benzene rings is 1. The van der Waals surface area contributed by atoms with Crippen molar-refractivity contribution in [3.63, 3.8) is 0 Å². The number of hydrogen-bond donors (Lipinski definition) is 1. The zero-order chi connectivity index (χ0) is 10.0. The molecule has 1 aromatic carbocycles. The van der Waals surface area contributed by atoms with E-state index in [0.717, 1.165) is 15.1 Å². The van der Waals surface area contributed by atoms with Crippen LogP contribution in [0, 0.1) is 5.92 Å². The van der Waals surface area contributed by atoms with Gasteiger partial charge in [0, 0.05) is 15.5 Å². The molecule has 1 rings (SSSR count). The van der Waals surface area contributed by atoms with E-state index in [0.29, 0.717) is 5.92 Å². The molecule has 0 aliphatic heterocycles. The number of hydrogen-bond acceptors (Lipinski definition) is 1. The van der Waals surface area contributed by atoms with Crippen molar-refractivity contribution in [1.29, 1.82) is 0 Å². The molecule has 0 heterocycles. The van der Waals surface area contributed by atoms with Crippen molar-refractivity contribution in [2.45, 2.75) is 19.9 Å². The van der Waals surface area contributed by atoms with Gasteiger partial charge in [-0.3, -0.25) is 0 Å². The fraction of sp³-hybridized carbons (Fsp3) is 0.400. The van der Waals surface area contributed by atoms with E-state index >= 15 is 0 Å². The Balaban J connectivity index is 3.01. The molecule has 0 spiro atoms. The highest BCUT2D eigenvalue weighted by Crippen LogP contribution is 2.26. The van der Waals surface area contributed by atoms with Crippen molar-refractivity contribution < 1.29 is 0 Å². The molecule has 2 N–H and O–H groups in total. The van der Waals surface area contributed by atoms with E-state index in [4.69, 9.17) is 17.3 Å². The van der Waals surface area contributed by atoms with Gasteiger partial charge in [0.05, 0.1) is 0 Å². The highest BCUT2D eigenvalue weighted by molar-refractivity contribution is 9.10. The molecule has 0 unspecified atom stereocenters. The molecular formula is C10H13BrClN.